The van der Waals surface area contributed by atoms with E-state index in [1.54, 1.807) is 12.1 Å². The lowest BCUT2D eigenvalue weighted by Crippen LogP contribution is -2.32. The molecule has 0 saturated carbocycles. The van der Waals surface area contributed by atoms with Crippen LogP contribution in [0.25, 0.3) is 0 Å². The largest absolute Gasteiger partial charge is 0.494 e. The maximum Gasteiger partial charge on any atom is 0.401 e. The molecule has 0 spiro atoms. The van der Waals surface area contributed by atoms with E-state index in [1.165, 1.54) is 19.2 Å². The Labute approximate surface area is 114 Å². The van der Waals surface area contributed by atoms with Crippen LogP contribution in [-0.4, -0.2) is 48.9 Å². The molecule has 20 heavy (non-hydrogen) atoms. The lowest BCUT2D eigenvalue weighted by Gasteiger charge is -2.18. The van der Waals surface area contributed by atoms with Crippen molar-refractivity contribution in [3.05, 3.63) is 29.8 Å². The molecule has 7 heteroatoms. The molecule has 0 saturated heterocycles. The predicted molar refractivity (Wildman–Crippen MR) is 67.1 cm³/mol. The number of halogens is 3. The van der Waals surface area contributed by atoms with E-state index in [2.05, 4.69) is 0 Å². The van der Waals surface area contributed by atoms with Crippen molar-refractivity contribution in [3.63, 3.8) is 0 Å². The number of carboxylic acids is 1. The van der Waals surface area contributed by atoms with Crippen molar-refractivity contribution in [1.29, 1.82) is 0 Å². The van der Waals surface area contributed by atoms with Gasteiger partial charge in [0.2, 0.25) is 0 Å². The van der Waals surface area contributed by atoms with E-state index in [4.69, 9.17) is 9.84 Å². The topological polar surface area (TPSA) is 49.8 Å². The summed E-state index contributed by atoms with van der Waals surface area (Å²) in [5.41, 5.74) is 0.108. The highest BCUT2D eigenvalue weighted by Gasteiger charge is 2.28. The summed E-state index contributed by atoms with van der Waals surface area (Å²) in [4.78, 5) is 11.9. The number of rotatable bonds is 7. The standard InChI is InChI=1S/C13H16F3NO3/c1-17(9-13(14,15)16)6-3-7-20-11-5-2-4-10(8-11)12(18)19/h2,4-5,8H,3,6-7,9H2,1H3,(H,18,19). The van der Waals surface area contributed by atoms with Gasteiger partial charge in [-0.3, -0.25) is 4.90 Å². The van der Waals surface area contributed by atoms with Crippen LogP contribution in [0.15, 0.2) is 24.3 Å². The molecule has 0 aliphatic carbocycles. The molecule has 0 aromatic heterocycles. The molecule has 0 aliphatic rings. The first-order chi connectivity index (χ1) is 9.28. The van der Waals surface area contributed by atoms with E-state index >= 15 is 0 Å². The van der Waals surface area contributed by atoms with Gasteiger partial charge in [-0.1, -0.05) is 6.07 Å². The van der Waals surface area contributed by atoms with Crippen molar-refractivity contribution in [3.8, 4) is 5.75 Å². The van der Waals surface area contributed by atoms with Crippen LogP contribution in [0.4, 0.5) is 13.2 Å². The van der Waals surface area contributed by atoms with Gasteiger partial charge in [0.05, 0.1) is 18.7 Å². The summed E-state index contributed by atoms with van der Waals surface area (Å²) in [6.07, 6.45) is -3.78. The Morgan fingerprint density at radius 3 is 2.70 bits per heavy atom. The Bertz CT molecular complexity index is 449. The molecule has 0 atom stereocenters. The Morgan fingerprint density at radius 1 is 1.40 bits per heavy atom. The molecule has 1 N–H and O–H groups in total. The van der Waals surface area contributed by atoms with Crippen molar-refractivity contribution in [2.45, 2.75) is 12.6 Å². The van der Waals surface area contributed by atoms with Gasteiger partial charge in [-0.25, -0.2) is 4.79 Å². The van der Waals surface area contributed by atoms with E-state index in [1.807, 2.05) is 0 Å². The summed E-state index contributed by atoms with van der Waals surface area (Å²) < 4.78 is 41.5. The SMILES string of the molecule is CN(CCCOc1cccc(C(=O)O)c1)CC(F)(F)F. The molecule has 1 rings (SSSR count). The number of carbonyl (C=O) groups is 1. The number of carboxylic acid groups (broad SMARTS) is 1. The highest BCUT2D eigenvalue weighted by molar-refractivity contribution is 5.87. The van der Waals surface area contributed by atoms with Crippen LogP contribution in [0.1, 0.15) is 16.8 Å². The third-order valence-corrected chi connectivity index (χ3v) is 2.48. The summed E-state index contributed by atoms with van der Waals surface area (Å²) in [5, 5.41) is 8.79. The number of ether oxygens (including phenoxy) is 1. The predicted octanol–water partition coefficient (Wildman–Crippen LogP) is 2.65. The first kappa shape index (κ1) is 16.3. The summed E-state index contributed by atoms with van der Waals surface area (Å²) >= 11 is 0. The average molecular weight is 291 g/mol. The van der Waals surface area contributed by atoms with Gasteiger partial charge in [0.25, 0.3) is 0 Å². The second-order valence-corrected chi connectivity index (χ2v) is 4.39. The van der Waals surface area contributed by atoms with Gasteiger partial charge in [-0.15, -0.1) is 0 Å². The number of hydrogen-bond acceptors (Lipinski definition) is 3. The molecule has 1 aromatic rings. The molecule has 0 aliphatic heterocycles. The molecule has 0 fully saturated rings. The molecule has 0 radical (unpaired) electrons. The number of benzene rings is 1. The second kappa shape index (κ2) is 7.14. The number of nitrogens with zero attached hydrogens (tertiary/aromatic N) is 1. The van der Waals surface area contributed by atoms with Crippen molar-refractivity contribution in [2.24, 2.45) is 0 Å². The average Bonchev–Trinajstić information content (AvgIpc) is 2.33. The van der Waals surface area contributed by atoms with Crippen LogP contribution >= 0.6 is 0 Å². The van der Waals surface area contributed by atoms with Gasteiger partial charge in [-0.05, 0) is 31.7 Å². The van der Waals surface area contributed by atoms with Crippen LogP contribution < -0.4 is 4.74 Å². The fourth-order valence-corrected chi connectivity index (χ4v) is 1.63. The van der Waals surface area contributed by atoms with Crippen molar-refractivity contribution >= 4 is 5.97 Å². The first-order valence-electron chi connectivity index (χ1n) is 5.99. The summed E-state index contributed by atoms with van der Waals surface area (Å²) in [7, 11) is 1.39. The Balaban J connectivity index is 2.31. The van der Waals surface area contributed by atoms with Gasteiger partial charge in [0.15, 0.2) is 0 Å². The smallest absolute Gasteiger partial charge is 0.401 e. The minimum absolute atomic E-state index is 0.108. The number of aromatic carboxylic acids is 1. The van der Waals surface area contributed by atoms with Crippen LogP contribution in [0.2, 0.25) is 0 Å². The van der Waals surface area contributed by atoms with Gasteiger partial charge in [0.1, 0.15) is 5.75 Å². The van der Waals surface area contributed by atoms with Crippen molar-refractivity contribution in [1.82, 2.24) is 4.90 Å². The van der Waals surface area contributed by atoms with Crippen molar-refractivity contribution in [2.75, 3.05) is 26.7 Å². The van der Waals surface area contributed by atoms with Crippen LogP contribution in [0.5, 0.6) is 5.75 Å². The molecular weight excluding hydrogens is 275 g/mol. The van der Waals surface area contributed by atoms with E-state index in [-0.39, 0.29) is 18.7 Å². The number of alkyl halides is 3. The molecule has 0 bridgehead atoms. The molecule has 112 valence electrons. The molecule has 4 nitrogen and oxygen atoms in total. The Hall–Kier alpha value is -1.76. The van der Waals surface area contributed by atoms with Gasteiger partial charge < -0.3 is 9.84 Å². The third-order valence-electron chi connectivity index (χ3n) is 2.48. The van der Waals surface area contributed by atoms with E-state index in [9.17, 15) is 18.0 Å². The monoisotopic (exact) mass is 291 g/mol. The molecule has 1 aromatic carbocycles. The van der Waals surface area contributed by atoms with E-state index in [0.29, 0.717) is 12.2 Å². The third kappa shape index (κ3) is 6.42. The van der Waals surface area contributed by atoms with E-state index in [0.717, 1.165) is 4.90 Å². The minimum Gasteiger partial charge on any atom is -0.494 e. The quantitative estimate of drug-likeness (QED) is 0.785. The zero-order chi connectivity index (χ0) is 15.2. The summed E-state index contributed by atoms with van der Waals surface area (Å²) in [5.74, 6) is -0.663. The van der Waals surface area contributed by atoms with Gasteiger partial charge in [-0.2, -0.15) is 13.2 Å². The summed E-state index contributed by atoms with van der Waals surface area (Å²) in [6, 6.07) is 5.97. The highest BCUT2D eigenvalue weighted by Crippen LogP contribution is 2.16. The van der Waals surface area contributed by atoms with Gasteiger partial charge >= 0.3 is 12.1 Å². The molecular formula is C13H16F3NO3. The lowest BCUT2D eigenvalue weighted by atomic mass is 10.2. The Morgan fingerprint density at radius 2 is 2.10 bits per heavy atom. The maximum atomic E-state index is 12.1. The fraction of sp³-hybridized carbons (Fsp3) is 0.462. The maximum absolute atomic E-state index is 12.1. The normalized spacial score (nSPS) is 11.7. The molecule has 0 amide bonds. The molecule has 0 unspecified atom stereocenters. The number of hydrogen-bond donors (Lipinski definition) is 1. The zero-order valence-corrected chi connectivity index (χ0v) is 11.0. The minimum atomic E-state index is -4.20. The fourth-order valence-electron chi connectivity index (χ4n) is 1.63. The van der Waals surface area contributed by atoms with Crippen molar-refractivity contribution < 1.29 is 27.8 Å². The van der Waals surface area contributed by atoms with Crippen LogP contribution in [-0.2, 0) is 0 Å². The first-order valence-corrected chi connectivity index (χ1v) is 5.99. The highest BCUT2D eigenvalue weighted by atomic mass is 19.4. The lowest BCUT2D eigenvalue weighted by molar-refractivity contribution is -0.143. The summed E-state index contributed by atoms with van der Waals surface area (Å²) in [6.45, 7) is -0.481. The van der Waals surface area contributed by atoms with Crippen LogP contribution in [0, 0.1) is 0 Å². The Kier molecular flexibility index (Phi) is 5.82. The second-order valence-electron chi connectivity index (χ2n) is 4.39. The van der Waals surface area contributed by atoms with Crippen LogP contribution in [0.3, 0.4) is 0 Å². The van der Waals surface area contributed by atoms with Gasteiger partial charge in [0, 0.05) is 6.54 Å². The van der Waals surface area contributed by atoms with E-state index < -0.39 is 18.7 Å². The molecule has 0 heterocycles. The zero-order valence-electron chi connectivity index (χ0n) is 11.0.